The van der Waals surface area contributed by atoms with E-state index < -0.39 is 0 Å². The highest BCUT2D eigenvalue weighted by molar-refractivity contribution is 5.78. The van der Waals surface area contributed by atoms with E-state index in [1.165, 1.54) is 25.7 Å². The summed E-state index contributed by atoms with van der Waals surface area (Å²) in [5.41, 5.74) is 0.282. The van der Waals surface area contributed by atoms with Crippen LogP contribution in [0.25, 0.3) is 0 Å². The van der Waals surface area contributed by atoms with E-state index in [0.717, 1.165) is 19.4 Å². The minimum absolute atomic E-state index is 0.123. The zero-order valence-electron chi connectivity index (χ0n) is 13.6. The molecule has 0 spiro atoms. The van der Waals surface area contributed by atoms with Crippen LogP contribution in [0.5, 0.6) is 0 Å². The van der Waals surface area contributed by atoms with Gasteiger partial charge in [0, 0.05) is 12.6 Å². The van der Waals surface area contributed by atoms with E-state index in [-0.39, 0.29) is 11.3 Å². The van der Waals surface area contributed by atoms with Gasteiger partial charge in [0.2, 0.25) is 5.91 Å². The lowest BCUT2D eigenvalue weighted by atomic mass is 9.87. The average molecular weight is 270 g/mol. The van der Waals surface area contributed by atoms with E-state index in [1.807, 2.05) is 0 Å². The highest BCUT2D eigenvalue weighted by Crippen LogP contribution is 2.22. The van der Waals surface area contributed by atoms with Crippen LogP contribution in [-0.4, -0.2) is 25.0 Å². The second-order valence-corrected chi connectivity index (χ2v) is 6.31. The van der Waals surface area contributed by atoms with Gasteiger partial charge in [-0.15, -0.1) is 0 Å². The topological polar surface area (TPSA) is 41.1 Å². The molecule has 0 unspecified atom stereocenters. The summed E-state index contributed by atoms with van der Waals surface area (Å²) in [6, 6.07) is 0.326. The Bertz CT molecular complexity index is 235. The minimum atomic E-state index is 0.123. The Hall–Kier alpha value is -0.570. The van der Waals surface area contributed by atoms with Crippen molar-refractivity contribution in [3.05, 3.63) is 0 Å². The van der Waals surface area contributed by atoms with Crippen LogP contribution in [0.4, 0.5) is 0 Å². The van der Waals surface area contributed by atoms with E-state index in [4.69, 9.17) is 0 Å². The maximum Gasteiger partial charge on any atom is 0.234 e. The molecule has 0 aliphatic heterocycles. The van der Waals surface area contributed by atoms with Crippen molar-refractivity contribution >= 4 is 5.91 Å². The summed E-state index contributed by atoms with van der Waals surface area (Å²) >= 11 is 0. The van der Waals surface area contributed by atoms with Crippen molar-refractivity contribution in [3.8, 4) is 0 Å². The first kappa shape index (κ1) is 18.4. The van der Waals surface area contributed by atoms with Crippen LogP contribution in [0.1, 0.15) is 73.1 Å². The number of amides is 1. The van der Waals surface area contributed by atoms with Crippen LogP contribution in [0.15, 0.2) is 0 Å². The van der Waals surface area contributed by atoms with Crippen LogP contribution in [-0.2, 0) is 4.79 Å². The molecular weight excluding hydrogens is 236 g/mol. The van der Waals surface area contributed by atoms with Crippen LogP contribution >= 0.6 is 0 Å². The Morgan fingerprint density at radius 3 is 2.26 bits per heavy atom. The van der Waals surface area contributed by atoms with Crippen molar-refractivity contribution in [2.45, 2.75) is 79.2 Å². The molecule has 0 bridgehead atoms. The van der Waals surface area contributed by atoms with Crippen LogP contribution in [0.2, 0.25) is 0 Å². The van der Waals surface area contributed by atoms with Gasteiger partial charge in [0.15, 0.2) is 0 Å². The molecule has 3 heteroatoms. The fourth-order valence-electron chi connectivity index (χ4n) is 2.23. The lowest BCUT2D eigenvalue weighted by Crippen LogP contribution is -2.42. The van der Waals surface area contributed by atoms with Crippen LogP contribution in [0.3, 0.4) is 0 Å². The zero-order chi connectivity index (χ0) is 14.7. The predicted octanol–water partition coefficient (Wildman–Crippen LogP) is 3.49. The molecule has 0 atom stereocenters. The fraction of sp³-hybridized carbons (Fsp3) is 0.938. The van der Waals surface area contributed by atoms with Gasteiger partial charge in [0.05, 0.1) is 6.54 Å². The molecule has 0 saturated carbocycles. The highest BCUT2D eigenvalue weighted by Gasteiger charge is 2.17. The number of carbonyl (C=O) groups is 1. The molecule has 0 rings (SSSR count). The predicted molar refractivity (Wildman–Crippen MR) is 83.3 cm³/mol. The van der Waals surface area contributed by atoms with Crippen molar-refractivity contribution in [1.29, 1.82) is 0 Å². The number of rotatable bonds is 11. The summed E-state index contributed by atoms with van der Waals surface area (Å²) < 4.78 is 0. The fourth-order valence-corrected chi connectivity index (χ4v) is 2.23. The van der Waals surface area contributed by atoms with Gasteiger partial charge in [-0.05, 0) is 24.7 Å². The summed E-state index contributed by atoms with van der Waals surface area (Å²) in [5, 5.41) is 6.35. The van der Waals surface area contributed by atoms with Crippen molar-refractivity contribution in [2.24, 2.45) is 5.41 Å². The van der Waals surface area contributed by atoms with Gasteiger partial charge in [0.25, 0.3) is 0 Å². The smallest absolute Gasteiger partial charge is 0.234 e. The summed E-state index contributed by atoms with van der Waals surface area (Å²) in [5.74, 6) is 0.123. The number of unbranched alkanes of at least 4 members (excludes halogenated alkanes) is 2. The molecule has 0 aromatic carbocycles. The lowest BCUT2D eigenvalue weighted by Gasteiger charge is -2.25. The first-order chi connectivity index (χ1) is 8.95. The third-order valence-corrected chi connectivity index (χ3v) is 3.70. The van der Waals surface area contributed by atoms with Gasteiger partial charge in [-0.3, -0.25) is 4.79 Å². The SMILES string of the molecule is CCCCCC(C)(C)CNCC(=O)NC(CC)CC. The monoisotopic (exact) mass is 270 g/mol. The van der Waals surface area contributed by atoms with Gasteiger partial charge in [-0.2, -0.15) is 0 Å². The highest BCUT2D eigenvalue weighted by atomic mass is 16.1. The van der Waals surface area contributed by atoms with Crippen LogP contribution in [0, 0.1) is 5.41 Å². The quantitative estimate of drug-likeness (QED) is 0.564. The maximum absolute atomic E-state index is 11.7. The van der Waals surface area contributed by atoms with Crippen molar-refractivity contribution in [2.75, 3.05) is 13.1 Å². The summed E-state index contributed by atoms with van der Waals surface area (Å²) in [6.45, 7) is 12.3. The normalized spacial score (nSPS) is 11.9. The summed E-state index contributed by atoms with van der Waals surface area (Å²) in [4.78, 5) is 11.7. The molecule has 3 nitrogen and oxygen atoms in total. The van der Waals surface area contributed by atoms with Gasteiger partial charge < -0.3 is 10.6 Å². The van der Waals surface area contributed by atoms with E-state index in [9.17, 15) is 4.79 Å². The van der Waals surface area contributed by atoms with Gasteiger partial charge in [-0.25, -0.2) is 0 Å². The van der Waals surface area contributed by atoms with Crippen LogP contribution < -0.4 is 10.6 Å². The molecule has 0 radical (unpaired) electrons. The second-order valence-electron chi connectivity index (χ2n) is 6.31. The number of hydrogen-bond acceptors (Lipinski definition) is 2. The van der Waals surface area contributed by atoms with E-state index in [0.29, 0.717) is 12.6 Å². The zero-order valence-corrected chi connectivity index (χ0v) is 13.6. The molecule has 2 N–H and O–H groups in total. The maximum atomic E-state index is 11.7. The van der Waals surface area contributed by atoms with E-state index in [1.54, 1.807) is 0 Å². The molecular formula is C16H34N2O. The summed E-state index contributed by atoms with van der Waals surface area (Å²) in [7, 11) is 0. The Balaban J connectivity index is 3.78. The molecule has 0 heterocycles. The molecule has 0 saturated heterocycles. The molecule has 19 heavy (non-hydrogen) atoms. The second kappa shape index (κ2) is 10.2. The van der Waals surface area contributed by atoms with Gasteiger partial charge in [0.1, 0.15) is 0 Å². The number of hydrogen-bond donors (Lipinski definition) is 2. The van der Waals surface area contributed by atoms with Crippen molar-refractivity contribution in [1.82, 2.24) is 10.6 Å². The number of nitrogens with one attached hydrogen (secondary N) is 2. The first-order valence-electron chi connectivity index (χ1n) is 7.95. The van der Waals surface area contributed by atoms with Crippen molar-refractivity contribution in [3.63, 3.8) is 0 Å². The van der Waals surface area contributed by atoms with Gasteiger partial charge in [-0.1, -0.05) is 53.9 Å². The molecule has 0 aliphatic carbocycles. The third-order valence-electron chi connectivity index (χ3n) is 3.70. The van der Waals surface area contributed by atoms with E-state index >= 15 is 0 Å². The Kier molecular flexibility index (Phi) is 9.94. The third kappa shape index (κ3) is 9.94. The lowest BCUT2D eigenvalue weighted by molar-refractivity contribution is -0.121. The Morgan fingerprint density at radius 2 is 1.74 bits per heavy atom. The average Bonchev–Trinajstić information content (AvgIpc) is 2.35. The molecule has 114 valence electrons. The minimum Gasteiger partial charge on any atom is -0.352 e. The molecule has 0 fully saturated rings. The Labute approximate surface area is 119 Å². The molecule has 0 aromatic heterocycles. The molecule has 0 aromatic rings. The van der Waals surface area contributed by atoms with Crippen molar-refractivity contribution < 1.29 is 4.79 Å². The Morgan fingerprint density at radius 1 is 1.11 bits per heavy atom. The molecule has 0 aliphatic rings. The van der Waals surface area contributed by atoms with Gasteiger partial charge >= 0.3 is 0 Å². The number of carbonyl (C=O) groups excluding carboxylic acids is 1. The van der Waals surface area contributed by atoms with E-state index in [2.05, 4.69) is 45.3 Å². The molecule has 1 amide bonds. The standard InChI is InChI=1S/C16H34N2O/c1-6-9-10-11-16(4,5)13-17-12-15(19)18-14(7-2)8-3/h14,17H,6-13H2,1-5H3,(H,18,19). The first-order valence-corrected chi connectivity index (χ1v) is 7.95. The largest absolute Gasteiger partial charge is 0.352 e. The summed E-state index contributed by atoms with van der Waals surface area (Å²) in [6.07, 6.45) is 7.09.